The summed E-state index contributed by atoms with van der Waals surface area (Å²) in [6.45, 7) is 0.0491. The lowest BCUT2D eigenvalue weighted by atomic mass is 9.94. The first-order chi connectivity index (χ1) is 22.1. The van der Waals surface area contributed by atoms with Crippen molar-refractivity contribution in [3.05, 3.63) is 99.8 Å². The van der Waals surface area contributed by atoms with E-state index in [0.29, 0.717) is 22.4 Å². The number of hydrogen-bond acceptors (Lipinski definition) is 8. The number of hydrogen-bond donors (Lipinski definition) is 2. The molecule has 5 amide bonds. The first kappa shape index (κ1) is 30.2. The largest absolute Gasteiger partial charge is 0.494 e. The molecule has 1 fully saturated rings. The minimum absolute atomic E-state index is 0.000759. The van der Waals surface area contributed by atoms with Gasteiger partial charge in [0.05, 0.1) is 24.8 Å². The van der Waals surface area contributed by atoms with Gasteiger partial charge in [0.15, 0.2) is 35.2 Å². The van der Waals surface area contributed by atoms with E-state index in [1.54, 1.807) is 24.3 Å². The number of fused-ring (bicyclic) bond motifs is 2. The number of nitrogens with one attached hydrogen (secondary N) is 2. The average molecular weight is 633 g/mol. The van der Waals surface area contributed by atoms with Crippen molar-refractivity contribution in [2.45, 2.75) is 25.6 Å². The molecule has 2 aliphatic rings. The highest BCUT2D eigenvalue weighted by atomic mass is 19.1. The molecule has 0 unspecified atom stereocenters. The number of nitrogens with zero attached hydrogens (tertiary/aromatic N) is 2. The van der Waals surface area contributed by atoms with Crippen LogP contribution in [0.25, 0.3) is 11.0 Å². The lowest BCUT2D eigenvalue weighted by molar-refractivity contribution is -0.136. The quantitative estimate of drug-likeness (QED) is 0.153. The van der Waals surface area contributed by atoms with Crippen molar-refractivity contribution in [3.63, 3.8) is 0 Å². The van der Waals surface area contributed by atoms with E-state index in [9.17, 15) is 28.4 Å². The molecule has 12 nitrogen and oxygen atoms in total. The monoisotopic (exact) mass is 632 g/mol. The molecule has 0 spiro atoms. The van der Waals surface area contributed by atoms with E-state index in [1.165, 1.54) is 44.4 Å². The summed E-state index contributed by atoms with van der Waals surface area (Å²) >= 11 is 0. The molecule has 6 rings (SSSR count). The van der Waals surface area contributed by atoms with E-state index in [2.05, 4.69) is 10.6 Å². The van der Waals surface area contributed by atoms with Crippen molar-refractivity contribution < 1.29 is 46.6 Å². The summed E-state index contributed by atoms with van der Waals surface area (Å²) in [5.41, 5.74) is -1.55. The van der Waals surface area contributed by atoms with Gasteiger partial charge in [-0.05, 0) is 53.9 Å². The van der Waals surface area contributed by atoms with Crippen molar-refractivity contribution in [2.24, 2.45) is 0 Å². The highest BCUT2D eigenvalue weighted by Crippen LogP contribution is 2.38. The van der Waals surface area contributed by atoms with Crippen LogP contribution in [-0.4, -0.2) is 60.4 Å². The number of ether oxygens (including phenoxy) is 2. The Hall–Kier alpha value is -5.79. The van der Waals surface area contributed by atoms with Crippen molar-refractivity contribution in [1.29, 1.82) is 0 Å². The molecule has 1 saturated heterocycles. The van der Waals surface area contributed by atoms with Gasteiger partial charge >= 0.3 is 12.0 Å². The number of rotatable bonds is 10. The minimum atomic E-state index is -2.13. The molecule has 0 radical (unpaired) electrons. The summed E-state index contributed by atoms with van der Waals surface area (Å²) in [6.07, 6.45) is 0.406. The number of methoxy groups -OCH3 is 1. The van der Waals surface area contributed by atoms with E-state index < -0.39 is 54.3 Å². The molecule has 0 saturated carbocycles. The van der Waals surface area contributed by atoms with Crippen LogP contribution in [-0.2, 0) is 33.0 Å². The molecule has 46 heavy (non-hydrogen) atoms. The molecule has 2 aliphatic heterocycles. The third kappa shape index (κ3) is 4.97. The van der Waals surface area contributed by atoms with Gasteiger partial charge < -0.3 is 29.4 Å². The second-order valence-corrected chi connectivity index (χ2v) is 10.8. The third-order valence-corrected chi connectivity index (χ3v) is 8.07. The van der Waals surface area contributed by atoms with Gasteiger partial charge in [0.2, 0.25) is 6.41 Å². The molecule has 1 aromatic heterocycles. The fourth-order valence-electron chi connectivity index (χ4n) is 5.62. The van der Waals surface area contributed by atoms with E-state index in [-0.39, 0.29) is 52.3 Å². The molecular weight excluding hydrogens is 606 g/mol. The fourth-order valence-corrected chi connectivity index (χ4v) is 5.62. The van der Waals surface area contributed by atoms with Gasteiger partial charge in [-0.25, -0.2) is 23.3 Å². The van der Waals surface area contributed by atoms with Gasteiger partial charge in [0, 0.05) is 18.5 Å². The SMILES string of the molecule is COc1ccc(CN(C=O)C[C@@]2(c3cc4cc5c(c(F)c4o3)C(=O)NC5)NC(=O)N(COC(=O)c3ccccc3)C2=O)c(C)c1F. The predicted molar refractivity (Wildman–Crippen MR) is 155 cm³/mol. The number of urea groups is 1. The zero-order valence-corrected chi connectivity index (χ0v) is 24.5. The number of furan rings is 1. The molecule has 3 heterocycles. The molecule has 1 atom stereocenters. The Kier molecular flexibility index (Phi) is 7.64. The topological polar surface area (TPSA) is 147 Å². The van der Waals surface area contributed by atoms with Gasteiger partial charge in [0.1, 0.15) is 5.76 Å². The first-order valence-electron chi connectivity index (χ1n) is 14.0. The lowest BCUT2D eigenvalue weighted by Crippen LogP contribution is -2.52. The lowest BCUT2D eigenvalue weighted by Gasteiger charge is -2.30. The second-order valence-electron chi connectivity index (χ2n) is 10.8. The van der Waals surface area contributed by atoms with Crippen LogP contribution in [0, 0.1) is 18.6 Å². The van der Waals surface area contributed by atoms with Crippen LogP contribution in [0.1, 0.15) is 43.2 Å². The Morgan fingerprint density at radius 2 is 1.87 bits per heavy atom. The maximum absolute atomic E-state index is 15.5. The molecule has 0 bridgehead atoms. The minimum Gasteiger partial charge on any atom is -0.494 e. The summed E-state index contributed by atoms with van der Waals surface area (Å²) < 4.78 is 46.4. The van der Waals surface area contributed by atoms with E-state index in [0.717, 1.165) is 4.90 Å². The van der Waals surface area contributed by atoms with E-state index in [1.807, 2.05) is 0 Å². The molecule has 236 valence electrons. The third-order valence-electron chi connectivity index (χ3n) is 8.07. The second kappa shape index (κ2) is 11.6. The van der Waals surface area contributed by atoms with Crippen LogP contribution < -0.4 is 15.4 Å². The smallest absolute Gasteiger partial charge is 0.339 e. The molecule has 0 aliphatic carbocycles. The van der Waals surface area contributed by atoms with Crippen LogP contribution >= 0.6 is 0 Å². The van der Waals surface area contributed by atoms with E-state index >= 15 is 4.39 Å². The normalized spacial score (nSPS) is 17.1. The Bertz CT molecular complexity index is 1930. The molecule has 4 aromatic rings. The van der Waals surface area contributed by atoms with Crippen LogP contribution in [0.15, 0.2) is 59.0 Å². The molecule has 2 N–H and O–H groups in total. The summed E-state index contributed by atoms with van der Waals surface area (Å²) in [5, 5.41) is 5.28. The number of carbonyl (C=O) groups is 5. The maximum atomic E-state index is 15.5. The van der Waals surface area contributed by atoms with Crippen LogP contribution in [0.4, 0.5) is 13.6 Å². The Labute approximate surface area is 259 Å². The van der Waals surface area contributed by atoms with Crippen molar-refractivity contribution >= 4 is 41.2 Å². The van der Waals surface area contributed by atoms with Gasteiger partial charge in [0.25, 0.3) is 11.8 Å². The zero-order valence-electron chi connectivity index (χ0n) is 24.5. The van der Waals surface area contributed by atoms with Gasteiger partial charge in [-0.15, -0.1) is 0 Å². The standard InChI is InChI=1S/C32H26F2N4O8/c1-17-19(8-9-22(44-2)25(17)33)13-37(15-39)14-32(23-11-20-10-21-12-35-28(40)24(21)26(34)27(20)46-23)30(42)38(31(43)36-32)16-45-29(41)18-6-4-3-5-7-18/h3-11,15H,12-14,16H2,1-2H3,(H,35,40)(H,36,43)/t32-/m0/s1. The summed E-state index contributed by atoms with van der Waals surface area (Å²) in [6, 6.07) is 12.7. The van der Waals surface area contributed by atoms with Crippen molar-refractivity contribution in [1.82, 2.24) is 20.4 Å². The predicted octanol–water partition coefficient (Wildman–Crippen LogP) is 3.49. The average Bonchev–Trinajstić information content (AvgIpc) is 3.73. The number of amides is 5. The number of esters is 1. The van der Waals surface area contributed by atoms with E-state index in [4.69, 9.17) is 13.9 Å². The molecule has 3 aromatic carbocycles. The molecular formula is C32H26F2N4O8. The zero-order chi connectivity index (χ0) is 32.7. The first-order valence-corrected chi connectivity index (χ1v) is 14.0. The summed E-state index contributed by atoms with van der Waals surface area (Å²) in [5.74, 6) is -4.23. The Morgan fingerprint density at radius 3 is 2.59 bits per heavy atom. The van der Waals surface area contributed by atoms with Crippen LogP contribution in [0.2, 0.25) is 0 Å². The highest BCUT2D eigenvalue weighted by Gasteiger charge is 2.56. The Balaban J connectivity index is 1.38. The summed E-state index contributed by atoms with van der Waals surface area (Å²) in [4.78, 5) is 66.4. The fraction of sp³-hybridized carbons (Fsp3) is 0.219. The van der Waals surface area contributed by atoms with Crippen LogP contribution in [0.5, 0.6) is 5.75 Å². The number of carbonyl (C=O) groups excluding carboxylic acids is 5. The maximum Gasteiger partial charge on any atom is 0.339 e. The van der Waals surface area contributed by atoms with Gasteiger partial charge in [-0.2, -0.15) is 0 Å². The number of imide groups is 1. The van der Waals surface area contributed by atoms with Crippen molar-refractivity contribution in [3.8, 4) is 5.75 Å². The number of benzene rings is 3. The highest BCUT2D eigenvalue weighted by molar-refractivity contribution is 6.08. The van der Waals surface area contributed by atoms with Crippen molar-refractivity contribution in [2.75, 3.05) is 20.4 Å². The van der Waals surface area contributed by atoms with Crippen LogP contribution in [0.3, 0.4) is 0 Å². The number of halogens is 2. The molecule has 14 heteroatoms. The van der Waals surface area contributed by atoms with Gasteiger partial charge in [-0.1, -0.05) is 24.3 Å². The summed E-state index contributed by atoms with van der Waals surface area (Å²) in [7, 11) is 1.31. The van der Waals surface area contributed by atoms with Gasteiger partial charge in [-0.3, -0.25) is 14.4 Å². The Morgan fingerprint density at radius 1 is 1.11 bits per heavy atom.